The largest absolute Gasteiger partial charge is 0.358 e. The maximum Gasteiger partial charge on any atom is 0.261 e. The average molecular weight is 516 g/mol. The number of hydrazine groups is 1. The predicted octanol–water partition coefficient (Wildman–Crippen LogP) is 4.53. The van der Waals surface area contributed by atoms with E-state index in [2.05, 4.69) is 17.4 Å². The summed E-state index contributed by atoms with van der Waals surface area (Å²) in [6, 6.07) is 13.0. The van der Waals surface area contributed by atoms with Crippen molar-refractivity contribution in [2.75, 3.05) is 0 Å². The fraction of sp³-hybridized carbons (Fsp3) is 0.346. The Hall–Kier alpha value is -2.87. The summed E-state index contributed by atoms with van der Waals surface area (Å²) in [5, 5.41) is 1.08. The van der Waals surface area contributed by atoms with Crippen molar-refractivity contribution in [3.8, 4) is 0 Å². The maximum atomic E-state index is 13.9. The summed E-state index contributed by atoms with van der Waals surface area (Å²) in [5.41, 5.74) is 6.37. The molecule has 1 saturated carbocycles. The second-order valence-electron chi connectivity index (χ2n) is 8.82. The maximum absolute atomic E-state index is 13.9. The van der Waals surface area contributed by atoms with Crippen molar-refractivity contribution in [3.05, 3.63) is 82.4 Å². The van der Waals surface area contributed by atoms with Crippen molar-refractivity contribution in [1.82, 2.24) is 15.8 Å². The second-order valence-corrected chi connectivity index (χ2v) is 9.69. The Morgan fingerprint density at radius 3 is 2.43 bits per heavy atom. The van der Waals surface area contributed by atoms with Gasteiger partial charge < -0.3 is 9.64 Å². The van der Waals surface area contributed by atoms with Crippen LogP contribution in [0.1, 0.15) is 49.5 Å². The number of ether oxygens (including phenoxy) is 1. The van der Waals surface area contributed by atoms with Crippen LogP contribution in [0, 0.1) is 5.92 Å². The Morgan fingerprint density at radius 1 is 1.11 bits per heavy atom. The minimum atomic E-state index is -0.824. The molecule has 1 aliphatic heterocycles. The van der Waals surface area contributed by atoms with Crippen molar-refractivity contribution in [2.45, 2.75) is 50.5 Å². The molecule has 0 bridgehead atoms. The zero-order valence-electron chi connectivity index (χ0n) is 19.2. The zero-order valence-corrected chi connectivity index (χ0v) is 20.8. The standard InChI is InChI=1S/C26H27Cl2N3O4/c1-3-5-21-26(34)31(23(17-8-9-17)25(33)30-29-15(2)32)22(16-10-12-19(27)13-11-16)24(35-21)18-6-4-7-20(28)14-18/h3-4,6-7,10-14,17,21-24H,1,5,8-9H2,2H3,(H,29,32)(H,30,33)/t21-,22+,23+,24-/m1/s1. The van der Waals surface area contributed by atoms with E-state index < -0.39 is 36.1 Å². The molecule has 184 valence electrons. The topological polar surface area (TPSA) is 87.7 Å². The van der Waals surface area contributed by atoms with Crippen LogP contribution in [0.2, 0.25) is 10.0 Å². The zero-order chi connectivity index (χ0) is 25.1. The monoisotopic (exact) mass is 515 g/mol. The Morgan fingerprint density at radius 2 is 1.83 bits per heavy atom. The first-order valence-electron chi connectivity index (χ1n) is 11.5. The van der Waals surface area contributed by atoms with Crippen LogP contribution in [0.3, 0.4) is 0 Å². The van der Waals surface area contributed by atoms with E-state index in [4.69, 9.17) is 27.9 Å². The van der Waals surface area contributed by atoms with Gasteiger partial charge in [0.1, 0.15) is 18.2 Å². The molecular formula is C26H27Cl2N3O4. The van der Waals surface area contributed by atoms with Crippen LogP contribution in [0.5, 0.6) is 0 Å². The number of hydrogen-bond acceptors (Lipinski definition) is 4. The van der Waals surface area contributed by atoms with E-state index in [1.165, 1.54) is 6.92 Å². The van der Waals surface area contributed by atoms with Crippen molar-refractivity contribution >= 4 is 40.9 Å². The Labute approximate surface area is 214 Å². The van der Waals surface area contributed by atoms with Gasteiger partial charge >= 0.3 is 0 Å². The Bertz CT molecular complexity index is 1120. The van der Waals surface area contributed by atoms with Crippen LogP contribution in [0.4, 0.5) is 0 Å². The normalized spacial score (nSPS) is 22.9. The molecular weight excluding hydrogens is 489 g/mol. The Balaban J connectivity index is 1.84. The summed E-state index contributed by atoms with van der Waals surface area (Å²) >= 11 is 12.5. The third-order valence-corrected chi connectivity index (χ3v) is 6.68. The minimum Gasteiger partial charge on any atom is -0.358 e. The van der Waals surface area contributed by atoms with Crippen LogP contribution in [0.25, 0.3) is 0 Å². The smallest absolute Gasteiger partial charge is 0.261 e. The van der Waals surface area contributed by atoms with Gasteiger partial charge in [0.05, 0.1) is 6.04 Å². The van der Waals surface area contributed by atoms with Gasteiger partial charge in [-0.3, -0.25) is 25.2 Å². The number of amides is 3. The highest BCUT2D eigenvalue weighted by Crippen LogP contribution is 2.48. The predicted molar refractivity (Wildman–Crippen MR) is 133 cm³/mol. The lowest BCUT2D eigenvalue weighted by Gasteiger charge is -2.47. The molecule has 9 heteroatoms. The molecule has 35 heavy (non-hydrogen) atoms. The van der Waals surface area contributed by atoms with Crippen LogP contribution < -0.4 is 10.9 Å². The van der Waals surface area contributed by atoms with Crippen molar-refractivity contribution in [3.63, 3.8) is 0 Å². The van der Waals surface area contributed by atoms with Gasteiger partial charge in [-0.05, 0) is 54.2 Å². The number of nitrogens with zero attached hydrogens (tertiary/aromatic N) is 1. The van der Waals surface area contributed by atoms with E-state index in [1.54, 1.807) is 35.2 Å². The first kappa shape index (κ1) is 25.2. The summed E-state index contributed by atoms with van der Waals surface area (Å²) in [7, 11) is 0. The van der Waals surface area contributed by atoms with Crippen molar-refractivity contribution in [2.24, 2.45) is 5.92 Å². The molecule has 0 spiro atoms. The molecule has 0 unspecified atom stereocenters. The van der Waals surface area contributed by atoms with Crippen molar-refractivity contribution in [1.29, 1.82) is 0 Å². The van der Waals surface area contributed by atoms with Gasteiger partial charge in [-0.1, -0.05) is 53.5 Å². The number of nitrogens with one attached hydrogen (secondary N) is 2. The van der Waals surface area contributed by atoms with E-state index in [0.717, 1.165) is 24.0 Å². The van der Waals surface area contributed by atoms with Crippen molar-refractivity contribution < 1.29 is 19.1 Å². The summed E-state index contributed by atoms with van der Waals surface area (Å²) in [5.74, 6) is -1.20. The molecule has 2 N–H and O–H groups in total. The van der Waals surface area contributed by atoms with E-state index >= 15 is 0 Å². The van der Waals surface area contributed by atoms with Crippen LogP contribution in [-0.4, -0.2) is 34.8 Å². The molecule has 2 aromatic carbocycles. The van der Waals surface area contributed by atoms with Gasteiger partial charge in [-0.2, -0.15) is 0 Å². The number of carbonyl (C=O) groups excluding carboxylic acids is 3. The molecule has 4 atom stereocenters. The summed E-state index contributed by atoms with van der Waals surface area (Å²) in [6.07, 6.45) is 2.07. The summed E-state index contributed by atoms with van der Waals surface area (Å²) < 4.78 is 6.38. The molecule has 0 radical (unpaired) electrons. The highest BCUT2D eigenvalue weighted by atomic mass is 35.5. The van der Waals surface area contributed by atoms with Gasteiger partial charge in [-0.15, -0.1) is 6.58 Å². The van der Waals surface area contributed by atoms with Gasteiger partial charge in [0.25, 0.3) is 11.8 Å². The first-order valence-corrected chi connectivity index (χ1v) is 12.2. The lowest BCUT2D eigenvalue weighted by Crippen LogP contribution is -2.60. The molecule has 0 aromatic heterocycles. The van der Waals surface area contributed by atoms with Gasteiger partial charge in [0.15, 0.2) is 0 Å². The lowest BCUT2D eigenvalue weighted by molar-refractivity contribution is -0.182. The van der Waals surface area contributed by atoms with Crippen LogP contribution in [0.15, 0.2) is 61.2 Å². The van der Waals surface area contributed by atoms with Crippen LogP contribution in [-0.2, 0) is 19.1 Å². The molecule has 1 heterocycles. The third-order valence-electron chi connectivity index (χ3n) is 6.20. The summed E-state index contributed by atoms with van der Waals surface area (Å²) in [6.45, 7) is 5.08. The van der Waals surface area contributed by atoms with Crippen LogP contribution >= 0.6 is 23.2 Å². The number of halogens is 2. The molecule has 3 amide bonds. The quantitative estimate of drug-likeness (QED) is 0.419. The Kier molecular flexibility index (Phi) is 7.79. The molecule has 4 rings (SSSR count). The number of benzene rings is 2. The number of carbonyl (C=O) groups is 3. The summed E-state index contributed by atoms with van der Waals surface area (Å²) in [4.78, 5) is 40.3. The molecule has 1 aliphatic carbocycles. The SMILES string of the molecule is C=CC[C@H]1O[C@H](c2cccc(Cl)c2)[C@H](c2ccc(Cl)cc2)N([C@H](C(=O)NNC(C)=O)C2CC2)C1=O. The fourth-order valence-electron chi connectivity index (χ4n) is 4.52. The molecule has 2 aromatic rings. The molecule has 1 saturated heterocycles. The van der Waals surface area contributed by atoms with Gasteiger partial charge in [-0.25, -0.2) is 0 Å². The molecule has 2 fully saturated rings. The highest BCUT2D eigenvalue weighted by molar-refractivity contribution is 6.30. The number of morpholine rings is 1. The minimum absolute atomic E-state index is 0.0370. The van der Waals surface area contributed by atoms with Gasteiger partial charge in [0.2, 0.25) is 5.91 Å². The number of rotatable bonds is 7. The fourth-order valence-corrected chi connectivity index (χ4v) is 4.84. The highest BCUT2D eigenvalue weighted by Gasteiger charge is 2.52. The molecule has 7 nitrogen and oxygen atoms in total. The van der Waals surface area contributed by atoms with E-state index in [-0.39, 0.29) is 18.2 Å². The second kappa shape index (κ2) is 10.8. The first-order chi connectivity index (χ1) is 16.8. The third kappa shape index (κ3) is 5.69. The average Bonchev–Trinajstić information content (AvgIpc) is 3.66. The van der Waals surface area contributed by atoms with E-state index in [9.17, 15) is 14.4 Å². The number of hydrogen-bond donors (Lipinski definition) is 2. The van der Waals surface area contributed by atoms with E-state index in [1.807, 2.05) is 24.3 Å². The van der Waals surface area contributed by atoms with E-state index in [0.29, 0.717) is 10.0 Å². The van der Waals surface area contributed by atoms with Gasteiger partial charge in [0, 0.05) is 23.4 Å². The molecule has 2 aliphatic rings. The lowest BCUT2D eigenvalue weighted by atomic mass is 9.89.